The molecule has 0 radical (unpaired) electrons. The summed E-state index contributed by atoms with van der Waals surface area (Å²) in [5, 5.41) is 5.70. The lowest BCUT2D eigenvalue weighted by atomic mass is 9.97. The van der Waals surface area contributed by atoms with Crippen LogP contribution in [0.25, 0.3) is 0 Å². The summed E-state index contributed by atoms with van der Waals surface area (Å²) < 4.78 is 99.5. The first-order chi connectivity index (χ1) is 50.6. The van der Waals surface area contributed by atoms with Crippen LogP contribution in [0.4, 0.5) is 22.0 Å². The summed E-state index contributed by atoms with van der Waals surface area (Å²) in [6.45, 7) is 32.1. The lowest BCUT2D eigenvalue weighted by Crippen LogP contribution is -2.32. The van der Waals surface area contributed by atoms with E-state index in [1.54, 1.807) is 0 Å². The topological polar surface area (TPSA) is 196 Å². The average molecular weight is 1510 g/mol. The van der Waals surface area contributed by atoms with Crippen molar-refractivity contribution in [3.05, 3.63) is 64.0 Å². The fraction of sp³-hybridized carbons (Fsp3) is 0.776. The molecule has 0 heterocycles. The molecule has 608 valence electrons. The number of carbonyl (C=O) groups is 7. The van der Waals surface area contributed by atoms with Crippen LogP contribution in [0, 0.1) is 76.4 Å². The lowest BCUT2D eigenvalue weighted by Gasteiger charge is -2.22. The van der Waals surface area contributed by atoms with Crippen LogP contribution in [-0.4, -0.2) is 130 Å². The highest BCUT2D eigenvalue weighted by molar-refractivity contribution is 6.03. The second-order valence-corrected chi connectivity index (χ2v) is 32.1. The molecule has 4 unspecified atom stereocenters. The van der Waals surface area contributed by atoms with E-state index in [4.69, 9.17) is 23.7 Å². The van der Waals surface area contributed by atoms with Gasteiger partial charge in [-0.15, -0.1) is 0 Å². The second-order valence-electron chi connectivity index (χ2n) is 32.1. The van der Waals surface area contributed by atoms with E-state index < -0.39 is 58.2 Å². The molecule has 2 N–H and O–H groups in total. The molecule has 0 saturated heterocycles. The van der Waals surface area contributed by atoms with E-state index in [-0.39, 0.29) is 71.8 Å². The van der Waals surface area contributed by atoms with Gasteiger partial charge in [-0.05, 0) is 169 Å². The maximum absolute atomic E-state index is 14.9. The smallest absolute Gasteiger partial charge is 0.343 e. The molecular formula is C85H141F5N4O12. The van der Waals surface area contributed by atoms with Crippen LogP contribution in [0.5, 0.6) is 5.75 Å². The number of amides is 2. The first-order valence-corrected chi connectivity index (χ1v) is 41.1. The zero-order chi connectivity index (χ0) is 78.6. The highest BCUT2D eigenvalue weighted by Gasteiger charge is 2.30. The molecule has 0 aromatic heterocycles. The van der Waals surface area contributed by atoms with Crippen molar-refractivity contribution in [3.8, 4) is 5.75 Å². The number of nitrogens with zero attached hydrogens (tertiary/aromatic N) is 2. The molecule has 21 heteroatoms. The van der Waals surface area contributed by atoms with Gasteiger partial charge in [-0.1, -0.05) is 212 Å². The summed E-state index contributed by atoms with van der Waals surface area (Å²) >= 11 is 0. The van der Waals surface area contributed by atoms with Crippen molar-refractivity contribution in [2.75, 3.05) is 78.8 Å². The van der Waals surface area contributed by atoms with Gasteiger partial charge in [0.15, 0.2) is 0 Å². The summed E-state index contributed by atoms with van der Waals surface area (Å²) in [4.78, 5) is 96.5. The number of benzene rings is 2. The minimum atomic E-state index is -2.45. The molecule has 2 amide bonds. The third kappa shape index (κ3) is 47.3. The Hall–Kier alpha value is -5.70. The van der Waals surface area contributed by atoms with E-state index >= 15 is 0 Å². The number of ether oxygens (including phenoxy) is 5. The first-order valence-electron chi connectivity index (χ1n) is 41.1. The third-order valence-corrected chi connectivity index (χ3v) is 19.4. The molecule has 0 fully saturated rings. The van der Waals surface area contributed by atoms with Crippen molar-refractivity contribution in [3.63, 3.8) is 0 Å². The van der Waals surface area contributed by atoms with Crippen molar-refractivity contribution in [1.82, 2.24) is 20.4 Å². The van der Waals surface area contributed by atoms with E-state index in [1.807, 2.05) is 0 Å². The van der Waals surface area contributed by atoms with Gasteiger partial charge in [-0.3, -0.25) is 28.8 Å². The van der Waals surface area contributed by atoms with Gasteiger partial charge in [-0.2, -0.15) is 8.78 Å². The monoisotopic (exact) mass is 1510 g/mol. The van der Waals surface area contributed by atoms with Gasteiger partial charge < -0.3 is 44.1 Å². The Balaban J connectivity index is 2.20. The Bertz CT molecular complexity index is 2520. The molecule has 2 rings (SSSR count). The lowest BCUT2D eigenvalue weighted by molar-refractivity contribution is -0.145. The van der Waals surface area contributed by atoms with E-state index in [2.05, 4.69) is 104 Å². The molecule has 2 aromatic carbocycles. The van der Waals surface area contributed by atoms with Crippen molar-refractivity contribution in [2.45, 2.75) is 301 Å². The molecular weight excluding hydrogens is 1360 g/mol. The molecule has 0 spiro atoms. The number of nitrogens with one attached hydrogen (secondary N) is 2. The van der Waals surface area contributed by atoms with Gasteiger partial charge in [-0.25, -0.2) is 18.0 Å². The Morgan fingerprint density at radius 2 is 0.557 bits per heavy atom. The van der Waals surface area contributed by atoms with Crippen LogP contribution < -0.4 is 15.4 Å². The maximum Gasteiger partial charge on any atom is 0.343 e. The molecule has 0 aliphatic heterocycles. The van der Waals surface area contributed by atoms with Crippen LogP contribution in [-0.2, 0) is 38.1 Å². The molecule has 0 bridgehead atoms. The number of hydrogen-bond donors (Lipinski definition) is 2. The number of unbranched alkanes of at least 4 members (excludes halogenated alkanes) is 12. The largest absolute Gasteiger partial charge is 0.466 e. The number of esters is 5. The molecule has 4 atom stereocenters. The van der Waals surface area contributed by atoms with Crippen LogP contribution in [0.1, 0.15) is 332 Å². The standard InChI is InChI=1S/C85H141F5N4O12/c1-62(2)35-29-39-66(9)55-73(95)102-51-25-17-13-21-45-93(46-22-14-18-26-52-103-74(96)56-67(10)40-30-36-63(3)4)49-33-43-91-83(99)70-59-71(61-72(60-70)85(101)106-82-80(89)78(87)77(86)79(88)81(82)90)84(100)92-44-34-50-94(47-23-15-19-27-53-104-75(97)57-68(11)41-31-37-64(5)6)48-24-16-20-28-54-105-76(98)58-69(12)42-32-38-65(7)8/h59-69H,13-58H2,1-12H3,(H,91,99)(H,92,100). The predicted molar refractivity (Wildman–Crippen MR) is 412 cm³/mol. The summed E-state index contributed by atoms with van der Waals surface area (Å²) in [6, 6.07) is 3.29. The van der Waals surface area contributed by atoms with E-state index in [1.165, 1.54) is 6.07 Å². The quantitative estimate of drug-likeness (QED) is 0.0121. The SMILES string of the molecule is CC(C)CCCC(C)CC(=O)OCCCCCCN(CCCCCCOC(=O)CC(C)CCCC(C)C)CCCNC(=O)c1cc(C(=O)NCCCN(CCCCCCOC(=O)CC(C)CCCC(C)C)CCCCCCOC(=O)CC(C)CCCC(C)C)cc(C(=O)Oc2c(F)c(F)c(F)c(F)c2F)c1. The van der Waals surface area contributed by atoms with Crippen LogP contribution in [0.15, 0.2) is 18.2 Å². The van der Waals surface area contributed by atoms with Crippen molar-refractivity contribution < 1.29 is 79.2 Å². The first kappa shape index (κ1) is 96.4. The van der Waals surface area contributed by atoms with Gasteiger partial charge in [0.25, 0.3) is 11.8 Å². The zero-order valence-corrected chi connectivity index (χ0v) is 67.6. The molecule has 0 saturated carbocycles. The maximum atomic E-state index is 14.9. The fourth-order valence-corrected chi connectivity index (χ4v) is 12.9. The van der Waals surface area contributed by atoms with Crippen molar-refractivity contribution >= 4 is 41.7 Å². The van der Waals surface area contributed by atoms with E-state index in [9.17, 15) is 55.5 Å². The Morgan fingerprint density at radius 3 is 0.830 bits per heavy atom. The van der Waals surface area contributed by atoms with Gasteiger partial charge in [0.05, 0.1) is 32.0 Å². The summed E-state index contributed by atoms with van der Waals surface area (Å²) in [5.41, 5.74) is -0.978. The van der Waals surface area contributed by atoms with E-state index in [0.717, 1.165) is 218 Å². The second kappa shape index (κ2) is 58.3. The van der Waals surface area contributed by atoms with E-state index in [0.29, 0.717) is 102 Å². The van der Waals surface area contributed by atoms with Crippen molar-refractivity contribution in [2.24, 2.45) is 47.3 Å². The minimum absolute atomic E-state index is 0.159. The van der Waals surface area contributed by atoms with Gasteiger partial charge in [0, 0.05) is 49.9 Å². The molecule has 16 nitrogen and oxygen atoms in total. The van der Waals surface area contributed by atoms with Gasteiger partial charge in [0.1, 0.15) is 0 Å². The molecule has 0 aliphatic rings. The Labute approximate surface area is 635 Å². The van der Waals surface area contributed by atoms with Crippen molar-refractivity contribution in [1.29, 1.82) is 0 Å². The Kier molecular flexibility index (Phi) is 53.0. The predicted octanol–water partition coefficient (Wildman–Crippen LogP) is 20.3. The highest BCUT2D eigenvalue weighted by atomic mass is 19.2. The average Bonchev–Trinajstić information content (AvgIpc) is 0.793. The number of hydrogen-bond acceptors (Lipinski definition) is 14. The number of halogens is 5. The highest BCUT2D eigenvalue weighted by Crippen LogP contribution is 2.31. The number of rotatable bonds is 64. The summed E-state index contributed by atoms with van der Waals surface area (Å²) in [7, 11) is 0. The third-order valence-electron chi connectivity index (χ3n) is 19.4. The molecule has 2 aromatic rings. The van der Waals surface area contributed by atoms with Gasteiger partial charge in [0.2, 0.25) is 34.8 Å². The normalized spacial score (nSPS) is 12.9. The van der Waals surface area contributed by atoms with Gasteiger partial charge >= 0.3 is 29.8 Å². The molecule has 0 aliphatic carbocycles. The van der Waals surface area contributed by atoms with Crippen LogP contribution in [0.3, 0.4) is 0 Å². The molecule has 106 heavy (non-hydrogen) atoms. The fourth-order valence-electron chi connectivity index (χ4n) is 12.9. The Morgan fingerprint density at radius 1 is 0.311 bits per heavy atom. The van der Waals surface area contributed by atoms with Crippen LogP contribution >= 0.6 is 0 Å². The summed E-state index contributed by atoms with van der Waals surface area (Å²) in [5.74, 6) is -13.7. The minimum Gasteiger partial charge on any atom is -0.466 e. The summed E-state index contributed by atoms with van der Waals surface area (Å²) in [6.07, 6.45) is 29.4. The van der Waals surface area contributed by atoms with Crippen LogP contribution in [0.2, 0.25) is 0 Å². The zero-order valence-electron chi connectivity index (χ0n) is 67.6. The number of carbonyl (C=O) groups excluding carboxylic acids is 7.